The lowest BCUT2D eigenvalue weighted by atomic mass is 9.98. The summed E-state index contributed by atoms with van der Waals surface area (Å²) >= 11 is 0. The lowest BCUT2D eigenvalue weighted by molar-refractivity contribution is -0.145. The standard InChI is InChI=1S/C27H26N2O6/c1-16(30)23(26(32)33)28-25(31)24(17-9-3-2-4-10-17)29-27(34)35-15-22-20-13-7-5-11-18(20)19-12-6-8-14-21(19)22/h2-14,16,22-24,30H,15H2,1H3,(H,28,31)(H,29,34)(H,32,33)/t16-,23+,24+/m1/s1. The molecule has 180 valence electrons. The largest absolute Gasteiger partial charge is 0.480 e. The van der Waals surface area contributed by atoms with Crippen molar-refractivity contribution in [3.8, 4) is 11.1 Å². The number of fused-ring (bicyclic) bond motifs is 3. The molecule has 4 rings (SSSR count). The number of hydrogen-bond donors (Lipinski definition) is 4. The van der Waals surface area contributed by atoms with Gasteiger partial charge in [0.2, 0.25) is 5.91 Å². The first-order valence-corrected chi connectivity index (χ1v) is 11.2. The number of ether oxygens (including phenoxy) is 1. The Balaban J connectivity index is 1.49. The van der Waals surface area contributed by atoms with Crippen molar-refractivity contribution in [1.82, 2.24) is 10.6 Å². The quantitative estimate of drug-likeness (QED) is 0.397. The summed E-state index contributed by atoms with van der Waals surface area (Å²) in [6, 6.07) is 21.5. The van der Waals surface area contributed by atoms with Crippen LogP contribution in [0.15, 0.2) is 78.9 Å². The summed E-state index contributed by atoms with van der Waals surface area (Å²) in [6.07, 6.45) is -2.15. The molecule has 35 heavy (non-hydrogen) atoms. The van der Waals surface area contributed by atoms with Gasteiger partial charge in [-0.15, -0.1) is 0 Å². The normalized spacial score (nSPS) is 14.7. The fourth-order valence-corrected chi connectivity index (χ4v) is 4.33. The molecule has 0 bridgehead atoms. The zero-order chi connectivity index (χ0) is 24.9. The van der Waals surface area contributed by atoms with Gasteiger partial charge >= 0.3 is 12.1 Å². The van der Waals surface area contributed by atoms with Crippen LogP contribution in [0.25, 0.3) is 11.1 Å². The van der Waals surface area contributed by atoms with E-state index in [-0.39, 0.29) is 12.5 Å². The number of carboxylic acid groups (broad SMARTS) is 1. The van der Waals surface area contributed by atoms with Gasteiger partial charge in [-0.3, -0.25) is 4.79 Å². The fourth-order valence-electron chi connectivity index (χ4n) is 4.33. The molecule has 0 unspecified atom stereocenters. The minimum Gasteiger partial charge on any atom is -0.480 e. The summed E-state index contributed by atoms with van der Waals surface area (Å²) < 4.78 is 5.55. The molecule has 3 atom stereocenters. The Labute approximate surface area is 202 Å². The van der Waals surface area contributed by atoms with Crippen LogP contribution < -0.4 is 10.6 Å². The van der Waals surface area contributed by atoms with Crippen LogP contribution in [0.4, 0.5) is 4.79 Å². The number of carbonyl (C=O) groups excluding carboxylic acids is 2. The molecule has 0 saturated carbocycles. The molecule has 0 aromatic heterocycles. The van der Waals surface area contributed by atoms with E-state index in [4.69, 9.17) is 4.74 Å². The molecule has 4 N–H and O–H groups in total. The number of alkyl carbamates (subject to hydrolysis) is 1. The highest BCUT2D eigenvalue weighted by Crippen LogP contribution is 2.44. The van der Waals surface area contributed by atoms with E-state index in [1.165, 1.54) is 6.92 Å². The Bertz CT molecular complexity index is 1180. The average Bonchev–Trinajstić information content (AvgIpc) is 3.18. The summed E-state index contributed by atoms with van der Waals surface area (Å²) in [5, 5.41) is 23.9. The SMILES string of the molecule is C[C@@H](O)[C@H](NC(=O)[C@@H](NC(=O)OCC1c2ccccc2-c2ccccc21)c1ccccc1)C(=O)O. The van der Waals surface area contributed by atoms with Crippen molar-refractivity contribution in [1.29, 1.82) is 0 Å². The summed E-state index contributed by atoms with van der Waals surface area (Å²) in [5.41, 5.74) is 4.74. The van der Waals surface area contributed by atoms with Crippen LogP contribution in [-0.4, -0.2) is 46.9 Å². The molecular weight excluding hydrogens is 448 g/mol. The van der Waals surface area contributed by atoms with E-state index in [9.17, 15) is 24.6 Å². The molecule has 0 heterocycles. The molecule has 1 aliphatic carbocycles. The zero-order valence-electron chi connectivity index (χ0n) is 19.0. The van der Waals surface area contributed by atoms with Gasteiger partial charge in [-0.25, -0.2) is 9.59 Å². The van der Waals surface area contributed by atoms with Gasteiger partial charge in [-0.05, 0) is 34.7 Å². The number of rotatable bonds is 8. The minimum atomic E-state index is -1.53. The smallest absolute Gasteiger partial charge is 0.408 e. The van der Waals surface area contributed by atoms with Gasteiger partial charge in [-0.2, -0.15) is 0 Å². The second kappa shape index (κ2) is 10.4. The van der Waals surface area contributed by atoms with Gasteiger partial charge in [-0.1, -0.05) is 78.9 Å². The molecule has 0 saturated heterocycles. The molecule has 3 aromatic rings. The molecule has 0 fully saturated rings. The lowest BCUT2D eigenvalue weighted by Crippen LogP contribution is -2.51. The van der Waals surface area contributed by atoms with Crippen LogP contribution in [0.1, 0.15) is 35.6 Å². The highest BCUT2D eigenvalue weighted by atomic mass is 16.5. The number of aliphatic hydroxyl groups excluding tert-OH is 1. The summed E-state index contributed by atoms with van der Waals surface area (Å²) in [7, 11) is 0. The van der Waals surface area contributed by atoms with Crippen molar-refractivity contribution in [3.63, 3.8) is 0 Å². The number of nitrogens with one attached hydrogen (secondary N) is 2. The van der Waals surface area contributed by atoms with Crippen LogP contribution in [0.5, 0.6) is 0 Å². The number of benzene rings is 3. The van der Waals surface area contributed by atoms with Gasteiger partial charge < -0.3 is 25.6 Å². The van der Waals surface area contributed by atoms with Crippen LogP contribution in [0, 0.1) is 0 Å². The lowest BCUT2D eigenvalue weighted by Gasteiger charge is -2.23. The molecule has 8 heteroatoms. The van der Waals surface area contributed by atoms with Crippen molar-refractivity contribution in [3.05, 3.63) is 95.6 Å². The van der Waals surface area contributed by atoms with E-state index in [1.807, 2.05) is 48.5 Å². The topological polar surface area (TPSA) is 125 Å². The predicted molar refractivity (Wildman–Crippen MR) is 129 cm³/mol. The number of aliphatic carboxylic acids is 1. The van der Waals surface area contributed by atoms with E-state index in [1.54, 1.807) is 30.3 Å². The Kier molecular flexibility index (Phi) is 7.12. The second-order valence-corrected chi connectivity index (χ2v) is 8.38. The number of aliphatic hydroxyl groups is 1. The number of carboxylic acids is 1. The molecular formula is C27H26N2O6. The maximum Gasteiger partial charge on any atom is 0.408 e. The first kappa shape index (κ1) is 24.0. The van der Waals surface area contributed by atoms with Crippen molar-refractivity contribution >= 4 is 18.0 Å². The summed E-state index contributed by atoms with van der Waals surface area (Å²) in [5.74, 6) is -2.32. The summed E-state index contributed by atoms with van der Waals surface area (Å²) in [4.78, 5) is 37.1. The zero-order valence-corrected chi connectivity index (χ0v) is 19.0. The van der Waals surface area contributed by atoms with Gasteiger partial charge in [0.25, 0.3) is 0 Å². The van der Waals surface area contributed by atoms with Crippen LogP contribution in [0.2, 0.25) is 0 Å². The van der Waals surface area contributed by atoms with Gasteiger partial charge in [0.15, 0.2) is 6.04 Å². The van der Waals surface area contributed by atoms with Crippen molar-refractivity contribution in [2.75, 3.05) is 6.61 Å². The monoisotopic (exact) mass is 474 g/mol. The van der Waals surface area contributed by atoms with Crippen molar-refractivity contribution in [2.24, 2.45) is 0 Å². The Morgan fingerprint density at radius 3 is 1.94 bits per heavy atom. The first-order chi connectivity index (χ1) is 16.9. The highest BCUT2D eigenvalue weighted by Gasteiger charge is 2.32. The number of hydrogen-bond acceptors (Lipinski definition) is 5. The Morgan fingerprint density at radius 1 is 0.857 bits per heavy atom. The minimum absolute atomic E-state index is 0.0639. The van der Waals surface area contributed by atoms with E-state index in [2.05, 4.69) is 10.6 Å². The van der Waals surface area contributed by atoms with E-state index in [0.29, 0.717) is 5.56 Å². The summed E-state index contributed by atoms with van der Waals surface area (Å²) in [6.45, 7) is 1.32. The van der Waals surface area contributed by atoms with Gasteiger partial charge in [0, 0.05) is 5.92 Å². The molecule has 0 spiro atoms. The predicted octanol–water partition coefficient (Wildman–Crippen LogP) is 3.22. The van der Waals surface area contributed by atoms with E-state index >= 15 is 0 Å². The second-order valence-electron chi connectivity index (χ2n) is 8.38. The van der Waals surface area contributed by atoms with Crippen molar-refractivity contribution < 1.29 is 29.3 Å². The van der Waals surface area contributed by atoms with Crippen LogP contribution in [-0.2, 0) is 14.3 Å². The third kappa shape index (κ3) is 5.17. The van der Waals surface area contributed by atoms with Crippen LogP contribution in [0.3, 0.4) is 0 Å². The van der Waals surface area contributed by atoms with E-state index in [0.717, 1.165) is 22.3 Å². The molecule has 1 aliphatic rings. The third-order valence-electron chi connectivity index (χ3n) is 6.05. The van der Waals surface area contributed by atoms with Gasteiger partial charge in [0.1, 0.15) is 12.6 Å². The molecule has 0 aliphatic heterocycles. The maximum absolute atomic E-state index is 12.9. The van der Waals surface area contributed by atoms with Crippen molar-refractivity contribution in [2.45, 2.75) is 31.0 Å². The number of amides is 2. The third-order valence-corrected chi connectivity index (χ3v) is 6.05. The van der Waals surface area contributed by atoms with Crippen LogP contribution >= 0.6 is 0 Å². The molecule has 0 radical (unpaired) electrons. The van der Waals surface area contributed by atoms with Gasteiger partial charge in [0.05, 0.1) is 6.10 Å². The molecule has 3 aromatic carbocycles. The molecule has 8 nitrogen and oxygen atoms in total. The Hall–Kier alpha value is -4.17. The maximum atomic E-state index is 12.9. The Morgan fingerprint density at radius 2 is 1.40 bits per heavy atom. The van der Waals surface area contributed by atoms with E-state index < -0.39 is 36.2 Å². The number of carbonyl (C=O) groups is 3. The first-order valence-electron chi connectivity index (χ1n) is 11.2. The highest BCUT2D eigenvalue weighted by molar-refractivity contribution is 5.90. The molecule has 2 amide bonds. The average molecular weight is 475 g/mol. The fraction of sp³-hybridized carbons (Fsp3) is 0.222.